The summed E-state index contributed by atoms with van der Waals surface area (Å²) in [5, 5.41) is 22.7. The molecule has 7 heteroatoms. The van der Waals surface area contributed by atoms with Crippen molar-refractivity contribution in [3.63, 3.8) is 0 Å². The molecule has 4 aliphatic carbocycles. The Labute approximate surface area is 188 Å². The van der Waals surface area contributed by atoms with Crippen molar-refractivity contribution in [3.05, 3.63) is 11.6 Å². The number of rotatable bonds is 5. The van der Waals surface area contributed by atoms with Gasteiger partial charge in [0.1, 0.15) is 5.60 Å². The highest BCUT2D eigenvalue weighted by Gasteiger charge is 2.64. The molecule has 0 saturated heterocycles. The van der Waals surface area contributed by atoms with Gasteiger partial charge in [0.25, 0.3) is 0 Å². The van der Waals surface area contributed by atoms with Gasteiger partial charge in [-0.15, -0.1) is 11.8 Å². The fourth-order valence-corrected chi connectivity index (χ4v) is 8.30. The summed E-state index contributed by atoms with van der Waals surface area (Å²) >= 11 is 1.18. The summed E-state index contributed by atoms with van der Waals surface area (Å²) in [6, 6.07) is 0. The zero-order valence-electron chi connectivity index (χ0n) is 18.7. The fourth-order valence-electron chi connectivity index (χ4n) is 7.46. The van der Waals surface area contributed by atoms with Crippen LogP contribution in [0.3, 0.4) is 0 Å². The van der Waals surface area contributed by atoms with Crippen LogP contribution in [-0.4, -0.2) is 58.1 Å². The summed E-state index contributed by atoms with van der Waals surface area (Å²) in [5.74, 6) is 0.204. The number of carbonyl (C=O) groups is 3. The van der Waals surface area contributed by atoms with Crippen LogP contribution in [0, 0.1) is 28.6 Å². The second kappa shape index (κ2) is 7.99. The van der Waals surface area contributed by atoms with E-state index >= 15 is 0 Å². The summed E-state index contributed by atoms with van der Waals surface area (Å²) in [6.45, 7) is 4.31. The second-order valence-electron chi connectivity index (χ2n) is 10.7. The molecule has 0 aromatic heterocycles. The van der Waals surface area contributed by atoms with E-state index in [0.29, 0.717) is 25.7 Å². The minimum atomic E-state index is -1.41. The molecule has 0 spiro atoms. The lowest BCUT2D eigenvalue weighted by Crippen LogP contribution is -2.55. The summed E-state index contributed by atoms with van der Waals surface area (Å²) in [4.78, 5) is 36.3. The lowest BCUT2D eigenvalue weighted by molar-refractivity contribution is -0.137. The Bertz CT molecular complexity index is 823. The molecule has 0 heterocycles. The topological polar surface area (TPSA) is 101 Å². The highest BCUT2D eigenvalue weighted by atomic mass is 32.2. The number of ketones is 2. The molecule has 3 fully saturated rings. The van der Waals surface area contributed by atoms with Gasteiger partial charge in [-0.3, -0.25) is 14.4 Å². The van der Waals surface area contributed by atoms with Gasteiger partial charge in [0, 0.05) is 6.42 Å². The normalized spacial score (nSPS) is 44.0. The van der Waals surface area contributed by atoms with Crippen molar-refractivity contribution in [2.24, 2.45) is 28.6 Å². The molecule has 4 aliphatic rings. The van der Waals surface area contributed by atoms with Crippen LogP contribution in [0.4, 0.5) is 0 Å². The number of methoxy groups -OCH3 is 1. The predicted octanol–water partition coefficient (Wildman–Crippen LogP) is 2.70. The number of hydrogen-bond donors (Lipinski definition) is 2. The molecule has 172 valence electrons. The van der Waals surface area contributed by atoms with Crippen molar-refractivity contribution in [1.82, 2.24) is 0 Å². The minimum absolute atomic E-state index is 0.0600. The van der Waals surface area contributed by atoms with Gasteiger partial charge in [0.15, 0.2) is 11.6 Å². The average Bonchev–Trinajstić information content (AvgIpc) is 2.99. The highest BCUT2D eigenvalue weighted by Crippen LogP contribution is 2.66. The van der Waals surface area contributed by atoms with E-state index in [9.17, 15) is 24.6 Å². The highest BCUT2D eigenvalue weighted by molar-refractivity contribution is 8.00. The van der Waals surface area contributed by atoms with Gasteiger partial charge < -0.3 is 14.9 Å². The van der Waals surface area contributed by atoms with E-state index in [1.807, 2.05) is 6.08 Å². The smallest absolute Gasteiger partial charge is 0.315 e. The molecule has 0 aliphatic heterocycles. The molecule has 0 radical (unpaired) electrons. The molecule has 3 saturated carbocycles. The molecular formula is C24H34O6S. The Kier molecular flexibility index (Phi) is 5.93. The quantitative estimate of drug-likeness (QED) is 0.621. The third-order valence-corrected chi connectivity index (χ3v) is 9.77. The van der Waals surface area contributed by atoms with Crippen LogP contribution in [0.15, 0.2) is 11.6 Å². The number of aliphatic hydroxyl groups excluding tert-OH is 1. The Hall–Kier alpha value is -1.18. The zero-order valence-corrected chi connectivity index (χ0v) is 19.5. The molecular weight excluding hydrogens is 416 g/mol. The van der Waals surface area contributed by atoms with Crippen molar-refractivity contribution >= 4 is 29.3 Å². The van der Waals surface area contributed by atoms with E-state index in [1.54, 1.807) is 0 Å². The van der Waals surface area contributed by atoms with Crippen LogP contribution in [0.1, 0.15) is 58.8 Å². The van der Waals surface area contributed by atoms with Crippen molar-refractivity contribution in [1.29, 1.82) is 0 Å². The zero-order chi connectivity index (χ0) is 22.6. The number of fused-ring (bicyclic) bond motifs is 5. The number of esters is 1. The first-order chi connectivity index (χ1) is 14.5. The van der Waals surface area contributed by atoms with Crippen molar-refractivity contribution in [3.8, 4) is 0 Å². The summed E-state index contributed by atoms with van der Waals surface area (Å²) in [7, 11) is 1.32. The lowest BCUT2D eigenvalue weighted by Gasteiger charge is -2.59. The monoisotopic (exact) mass is 450 g/mol. The van der Waals surface area contributed by atoms with Gasteiger partial charge in [0.2, 0.25) is 0 Å². The molecule has 0 unspecified atom stereocenters. The van der Waals surface area contributed by atoms with E-state index < -0.39 is 11.7 Å². The van der Waals surface area contributed by atoms with Gasteiger partial charge in [-0.1, -0.05) is 19.4 Å². The Balaban J connectivity index is 1.55. The minimum Gasteiger partial charge on any atom is -0.468 e. The van der Waals surface area contributed by atoms with Crippen molar-refractivity contribution in [2.75, 3.05) is 18.6 Å². The third kappa shape index (κ3) is 3.80. The average molecular weight is 451 g/mol. The molecule has 0 aromatic carbocycles. The molecule has 0 amide bonds. The number of hydrogen-bond acceptors (Lipinski definition) is 7. The number of aliphatic hydroxyl groups is 2. The number of Topliss-reactive ketones (excluding diaryl/α,β-unsaturated/α-hetero) is 1. The Morgan fingerprint density at radius 1 is 1.23 bits per heavy atom. The second-order valence-corrected chi connectivity index (χ2v) is 11.7. The van der Waals surface area contributed by atoms with Crippen LogP contribution < -0.4 is 0 Å². The van der Waals surface area contributed by atoms with E-state index in [4.69, 9.17) is 0 Å². The van der Waals surface area contributed by atoms with E-state index in [2.05, 4.69) is 18.6 Å². The van der Waals surface area contributed by atoms with Gasteiger partial charge in [-0.2, -0.15) is 0 Å². The first kappa shape index (κ1) is 23.0. The van der Waals surface area contributed by atoms with E-state index in [-0.39, 0.29) is 57.6 Å². The predicted molar refractivity (Wildman–Crippen MR) is 117 cm³/mol. The van der Waals surface area contributed by atoms with Crippen LogP contribution in [-0.2, 0) is 19.1 Å². The number of ether oxygens (including phenoxy) is 1. The van der Waals surface area contributed by atoms with Crippen LogP contribution in [0.2, 0.25) is 0 Å². The van der Waals surface area contributed by atoms with Gasteiger partial charge in [-0.05, 0) is 73.2 Å². The standard InChI is InChI=1S/C24H34O6S/c1-22-10-18(26)21-16(5-4-14-8-15(25)6-7-23(14,21)2)17(22)9-24(29,13-22)19(27)11-31-12-20(28)30-3/h8,16-18,21,26,29H,4-7,9-13H2,1-3H3/t16-,17-,18-,21-,22-,23+,24-/m1/s1. The largest absolute Gasteiger partial charge is 0.468 e. The van der Waals surface area contributed by atoms with Crippen LogP contribution in [0.5, 0.6) is 0 Å². The molecule has 7 atom stereocenters. The molecule has 0 bridgehead atoms. The summed E-state index contributed by atoms with van der Waals surface area (Å²) in [5.41, 5.74) is -0.703. The first-order valence-corrected chi connectivity index (χ1v) is 12.5. The summed E-state index contributed by atoms with van der Waals surface area (Å²) < 4.78 is 4.62. The first-order valence-electron chi connectivity index (χ1n) is 11.3. The number of carbonyl (C=O) groups excluding carboxylic acids is 3. The Morgan fingerprint density at radius 2 is 1.97 bits per heavy atom. The number of thioether (sulfide) groups is 1. The maximum absolute atomic E-state index is 13.0. The SMILES string of the molecule is COC(=O)CSCC(=O)[C@@]1(O)C[C@@H]2[C@H]3CCC4=CC(=O)CC[C@]4(C)[C@H]3[C@H](O)C[C@]2(C)C1. The molecule has 4 rings (SSSR count). The molecule has 2 N–H and O–H groups in total. The summed E-state index contributed by atoms with van der Waals surface area (Å²) in [6.07, 6.45) is 5.70. The number of allylic oxidation sites excluding steroid dienone is 1. The van der Waals surface area contributed by atoms with Gasteiger partial charge in [-0.25, -0.2) is 0 Å². The van der Waals surface area contributed by atoms with E-state index in [1.165, 1.54) is 24.4 Å². The van der Waals surface area contributed by atoms with Crippen molar-refractivity contribution in [2.45, 2.75) is 70.5 Å². The van der Waals surface area contributed by atoms with Crippen LogP contribution in [0.25, 0.3) is 0 Å². The molecule has 0 aromatic rings. The maximum atomic E-state index is 13.0. The van der Waals surface area contributed by atoms with Gasteiger partial charge >= 0.3 is 5.97 Å². The van der Waals surface area contributed by atoms with Crippen molar-refractivity contribution < 1.29 is 29.3 Å². The fraction of sp³-hybridized carbons (Fsp3) is 0.792. The Morgan fingerprint density at radius 3 is 2.68 bits per heavy atom. The molecule has 31 heavy (non-hydrogen) atoms. The lowest BCUT2D eigenvalue weighted by atomic mass is 9.46. The molecule has 6 nitrogen and oxygen atoms in total. The van der Waals surface area contributed by atoms with E-state index in [0.717, 1.165) is 19.3 Å². The third-order valence-electron chi connectivity index (χ3n) is 8.86. The van der Waals surface area contributed by atoms with Gasteiger partial charge in [0.05, 0.1) is 24.7 Å². The maximum Gasteiger partial charge on any atom is 0.315 e. The van der Waals surface area contributed by atoms with Crippen LogP contribution >= 0.6 is 11.8 Å².